The fourth-order valence-corrected chi connectivity index (χ4v) is 3.23. The minimum Gasteiger partial charge on any atom is -0.506 e. The van der Waals surface area contributed by atoms with Gasteiger partial charge in [-0.3, -0.25) is 0 Å². The van der Waals surface area contributed by atoms with E-state index in [4.69, 9.17) is 14.6 Å². The van der Waals surface area contributed by atoms with Gasteiger partial charge in [-0.15, -0.1) is 0 Å². The lowest BCUT2D eigenvalue weighted by Gasteiger charge is -2.37. The normalized spacial score (nSPS) is 25.0. The zero-order valence-electron chi connectivity index (χ0n) is 17.2. The van der Waals surface area contributed by atoms with Gasteiger partial charge in [-0.05, 0) is 30.7 Å². The zero-order valence-corrected chi connectivity index (χ0v) is 17.2. The highest BCUT2D eigenvalue weighted by Gasteiger charge is 2.48. The van der Waals surface area contributed by atoms with Crippen LogP contribution in [0.4, 0.5) is 24.7 Å². The molecule has 5 atom stereocenters. The van der Waals surface area contributed by atoms with E-state index in [0.717, 1.165) is 24.4 Å². The Labute approximate surface area is 189 Å². The van der Waals surface area contributed by atoms with E-state index in [2.05, 4.69) is 10.3 Å². The third kappa shape index (κ3) is 5.04. The highest BCUT2D eigenvalue weighted by molar-refractivity contribution is 5.96. The van der Waals surface area contributed by atoms with Crippen molar-refractivity contribution in [3.63, 3.8) is 0 Å². The number of anilines is 2. The molecule has 14 heteroatoms. The summed E-state index contributed by atoms with van der Waals surface area (Å²) in [6.07, 6.45) is -13.9. The first kappa shape index (κ1) is 25.2. The Morgan fingerprint density at radius 1 is 1.15 bits per heavy atom. The Morgan fingerprint density at radius 2 is 1.82 bits per heavy atom. The molecule has 1 aromatic carbocycles. The lowest BCUT2D eigenvalue weighted by atomic mass is 9.99. The molecule has 184 valence electrons. The topological polar surface area (TPSA) is 179 Å². The molecule has 1 aromatic heterocycles. The number of halogens is 3. The number of aliphatic hydroxyl groups is 3. The average molecular weight is 488 g/mol. The number of rotatable bonds is 5. The molecule has 2 aromatic rings. The number of aromatic nitrogens is 1. The molecule has 6 N–H and O–H groups in total. The van der Waals surface area contributed by atoms with E-state index in [9.17, 15) is 43.2 Å². The molecule has 0 amide bonds. The molecule has 2 heterocycles. The number of nitrogens with one attached hydrogen (secondary N) is 1. The Bertz CT molecular complexity index is 1100. The first-order valence-electron chi connectivity index (χ1n) is 9.57. The standard InChI is InChI=1S/C20H19F3N2O9/c1-7-10(20(21,22)23)3-2-4-11(7)25-16-9(5-8(26)6-24-16)18(32)34-19-14(29)12(27)13(28)15(33-19)17(30)31/h2-6,12-15,19,26-29H,1H3,(H,24,25)(H,30,31)/t12-,13-,14+,15-,19-/m0/s1. The molecule has 3 rings (SSSR count). The van der Waals surface area contributed by atoms with Gasteiger partial charge in [0.2, 0.25) is 6.29 Å². The van der Waals surface area contributed by atoms with Gasteiger partial charge >= 0.3 is 18.1 Å². The lowest BCUT2D eigenvalue weighted by Crippen LogP contribution is -2.60. The predicted molar refractivity (Wildman–Crippen MR) is 105 cm³/mol. The van der Waals surface area contributed by atoms with Crippen LogP contribution in [0.5, 0.6) is 5.75 Å². The van der Waals surface area contributed by atoms with Gasteiger partial charge in [0.05, 0.1) is 11.8 Å². The molecule has 1 saturated heterocycles. The number of carboxylic acid groups (broad SMARTS) is 1. The summed E-state index contributed by atoms with van der Waals surface area (Å²) in [5.41, 5.74) is -1.73. The van der Waals surface area contributed by atoms with E-state index in [0.29, 0.717) is 0 Å². The summed E-state index contributed by atoms with van der Waals surface area (Å²) in [5.74, 6) is -3.92. The van der Waals surface area contributed by atoms with E-state index >= 15 is 0 Å². The highest BCUT2D eigenvalue weighted by Crippen LogP contribution is 2.36. The fourth-order valence-electron chi connectivity index (χ4n) is 3.23. The largest absolute Gasteiger partial charge is 0.506 e. The summed E-state index contributed by atoms with van der Waals surface area (Å²) in [5, 5.41) is 50.9. The van der Waals surface area contributed by atoms with Crippen molar-refractivity contribution in [2.75, 3.05) is 5.32 Å². The lowest BCUT2D eigenvalue weighted by molar-refractivity contribution is -0.278. The van der Waals surface area contributed by atoms with Gasteiger partial charge < -0.3 is 40.3 Å². The van der Waals surface area contributed by atoms with Crippen molar-refractivity contribution in [3.05, 3.63) is 47.2 Å². The van der Waals surface area contributed by atoms with Gasteiger partial charge in [-0.2, -0.15) is 13.2 Å². The fraction of sp³-hybridized carbons (Fsp3) is 0.350. The third-order valence-electron chi connectivity index (χ3n) is 5.02. The summed E-state index contributed by atoms with van der Waals surface area (Å²) >= 11 is 0. The van der Waals surface area contributed by atoms with Crippen LogP contribution < -0.4 is 5.32 Å². The van der Waals surface area contributed by atoms with E-state index in [1.54, 1.807) is 0 Å². The molecule has 1 aliphatic rings. The number of carbonyl (C=O) groups excluding carboxylic acids is 1. The van der Waals surface area contributed by atoms with Gasteiger partial charge in [0.1, 0.15) is 35.4 Å². The number of hydrogen-bond donors (Lipinski definition) is 6. The number of pyridine rings is 1. The number of nitrogens with zero attached hydrogens (tertiary/aromatic N) is 1. The Morgan fingerprint density at radius 3 is 2.44 bits per heavy atom. The SMILES string of the molecule is Cc1c(Nc2ncc(O)cc2C(=O)O[C@@H]2O[C@H](C(=O)O)[C@@H](O)[C@H](O)[C@H]2O)cccc1C(F)(F)F. The maximum Gasteiger partial charge on any atom is 0.416 e. The molecule has 0 spiro atoms. The highest BCUT2D eigenvalue weighted by atomic mass is 19.4. The molecule has 1 aliphatic heterocycles. The van der Waals surface area contributed by atoms with Crippen molar-refractivity contribution in [1.82, 2.24) is 4.98 Å². The quantitative estimate of drug-likeness (QED) is 0.330. The predicted octanol–water partition coefficient (Wildman–Crippen LogP) is 0.907. The molecule has 0 unspecified atom stereocenters. The van der Waals surface area contributed by atoms with Crippen molar-refractivity contribution in [3.8, 4) is 5.75 Å². The number of aromatic hydroxyl groups is 1. The minimum atomic E-state index is -4.65. The molecule has 34 heavy (non-hydrogen) atoms. The molecule has 0 saturated carbocycles. The number of carbonyl (C=O) groups is 2. The monoisotopic (exact) mass is 488 g/mol. The van der Waals surface area contributed by atoms with Crippen LogP contribution >= 0.6 is 0 Å². The van der Waals surface area contributed by atoms with Crippen LogP contribution in [0, 0.1) is 6.92 Å². The van der Waals surface area contributed by atoms with Gasteiger partial charge in [-0.25, -0.2) is 14.6 Å². The van der Waals surface area contributed by atoms with Crippen molar-refractivity contribution in [1.29, 1.82) is 0 Å². The first-order chi connectivity index (χ1) is 15.8. The molecule has 0 bridgehead atoms. The summed E-state index contributed by atoms with van der Waals surface area (Å²) in [4.78, 5) is 27.7. The van der Waals surface area contributed by atoms with Crippen LogP contribution in [0.1, 0.15) is 21.5 Å². The van der Waals surface area contributed by atoms with Crippen LogP contribution in [0.15, 0.2) is 30.5 Å². The van der Waals surface area contributed by atoms with Crippen LogP contribution in [0.25, 0.3) is 0 Å². The van der Waals surface area contributed by atoms with Crippen molar-refractivity contribution in [2.45, 2.75) is 43.8 Å². The van der Waals surface area contributed by atoms with Crippen LogP contribution in [0.2, 0.25) is 0 Å². The Hall–Kier alpha value is -3.46. The van der Waals surface area contributed by atoms with Gasteiger partial charge in [0.25, 0.3) is 0 Å². The van der Waals surface area contributed by atoms with Crippen LogP contribution in [0.3, 0.4) is 0 Å². The van der Waals surface area contributed by atoms with Crippen LogP contribution in [-0.2, 0) is 20.4 Å². The number of benzene rings is 1. The average Bonchev–Trinajstić information content (AvgIpc) is 2.75. The Balaban J connectivity index is 1.90. The number of aliphatic hydroxyl groups excluding tert-OH is 3. The molecular formula is C20H19F3N2O9. The van der Waals surface area contributed by atoms with Gasteiger partial charge in [0.15, 0.2) is 6.10 Å². The summed E-state index contributed by atoms with van der Waals surface area (Å²) in [7, 11) is 0. The molecular weight excluding hydrogens is 469 g/mol. The van der Waals surface area contributed by atoms with Crippen molar-refractivity contribution >= 4 is 23.4 Å². The molecule has 0 radical (unpaired) electrons. The van der Waals surface area contributed by atoms with E-state index in [1.165, 1.54) is 13.0 Å². The van der Waals surface area contributed by atoms with Crippen molar-refractivity contribution < 1.29 is 57.8 Å². The third-order valence-corrected chi connectivity index (χ3v) is 5.02. The number of esters is 1. The summed E-state index contributed by atoms with van der Waals surface area (Å²) < 4.78 is 49.4. The first-order valence-corrected chi connectivity index (χ1v) is 9.57. The number of ether oxygens (including phenoxy) is 2. The number of alkyl halides is 3. The van der Waals surface area contributed by atoms with E-state index in [-0.39, 0.29) is 17.1 Å². The molecule has 11 nitrogen and oxygen atoms in total. The number of aliphatic carboxylic acids is 1. The van der Waals surface area contributed by atoms with Gasteiger partial charge in [-0.1, -0.05) is 6.07 Å². The molecule has 1 fully saturated rings. The Kier molecular flexibility index (Phi) is 6.97. The number of carboxylic acids is 1. The summed E-state index contributed by atoms with van der Waals surface area (Å²) in [6, 6.07) is 4.13. The van der Waals surface area contributed by atoms with Gasteiger partial charge in [0, 0.05) is 5.69 Å². The summed E-state index contributed by atoms with van der Waals surface area (Å²) in [6.45, 7) is 1.19. The second-order valence-electron chi connectivity index (χ2n) is 7.33. The van der Waals surface area contributed by atoms with E-state index in [1.807, 2.05) is 0 Å². The minimum absolute atomic E-state index is 0.0690. The second-order valence-corrected chi connectivity index (χ2v) is 7.33. The zero-order chi connectivity index (χ0) is 25.4. The maximum atomic E-state index is 13.2. The van der Waals surface area contributed by atoms with Crippen molar-refractivity contribution in [2.24, 2.45) is 0 Å². The smallest absolute Gasteiger partial charge is 0.416 e. The maximum absolute atomic E-state index is 13.2. The van der Waals surface area contributed by atoms with Crippen LogP contribution in [-0.4, -0.2) is 73.2 Å². The number of hydrogen-bond acceptors (Lipinski definition) is 10. The second kappa shape index (κ2) is 9.42. The van der Waals surface area contributed by atoms with E-state index < -0.39 is 65.7 Å². The molecule has 0 aliphatic carbocycles.